The zero-order valence-corrected chi connectivity index (χ0v) is 19.5. The van der Waals surface area contributed by atoms with Crippen LogP contribution in [0.3, 0.4) is 0 Å². The predicted molar refractivity (Wildman–Crippen MR) is 132 cm³/mol. The smallest absolute Gasteiger partial charge is 0.334 e. The van der Waals surface area contributed by atoms with Crippen molar-refractivity contribution in [2.45, 2.75) is 19.1 Å². The van der Waals surface area contributed by atoms with Crippen LogP contribution in [0.1, 0.15) is 18.0 Å². The number of carbonyl (C=O) groups is 1. The predicted octanol–water partition coefficient (Wildman–Crippen LogP) is 4.52. The van der Waals surface area contributed by atoms with Gasteiger partial charge in [0.1, 0.15) is 18.2 Å². The van der Waals surface area contributed by atoms with Gasteiger partial charge in [-0.3, -0.25) is 18.9 Å². The molecule has 7 nitrogen and oxygen atoms in total. The number of rotatable bonds is 6. The van der Waals surface area contributed by atoms with Crippen LogP contribution in [0.25, 0.3) is 16.7 Å². The number of fused-ring (bicyclic) bond motifs is 1. The number of imidazole rings is 1. The maximum atomic E-state index is 13.9. The third kappa shape index (κ3) is 4.21. The quantitative estimate of drug-likeness (QED) is 0.371. The van der Waals surface area contributed by atoms with E-state index in [1.807, 2.05) is 0 Å². The average molecular weight is 493 g/mol. The molecule has 5 rings (SSSR count). The normalized spacial score (nSPS) is 15.5. The van der Waals surface area contributed by atoms with E-state index in [0.717, 1.165) is 5.52 Å². The zero-order valence-electron chi connectivity index (χ0n) is 18.7. The highest BCUT2D eigenvalue weighted by Gasteiger charge is 2.30. The number of halogens is 2. The molecule has 0 saturated carbocycles. The Morgan fingerprint density at radius 1 is 1.23 bits per heavy atom. The van der Waals surface area contributed by atoms with E-state index in [4.69, 9.17) is 16.3 Å². The highest BCUT2D eigenvalue weighted by Crippen LogP contribution is 2.30. The summed E-state index contributed by atoms with van der Waals surface area (Å²) in [5, 5.41) is 0.291. The van der Waals surface area contributed by atoms with Gasteiger partial charge in [0.05, 0.1) is 34.0 Å². The molecule has 1 fully saturated rings. The van der Waals surface area contributed by atoms with Gasteiger partial charge in [0.2, 0.25) is 5.91 Å². The van der Waals surface area contributed by atoms with E-state index < -0.39 is 0 Å². The molecule has 1 atom stereocenters. The molecule has 1 aliphatic heterocycles. The fourth-order valence-electron chi connectivity index (χ4n) is 4.47. The summed E-state index contributed by atoms with van der Waals surface area (Å²) in [5.41, 5.74) is 2.06. The molecule has 2 aromatic heterocycles. The molecule has 178 valence electrons. The molecule has 9 heteroatoms. The maximum Gasteiger partial charge on any atom is 0.334 e. The minimum atomic E-state index is -0.354. The molecule has 2 aromatic carbocycles. The van der Waals surface area contributed by atoms with Crippen molar-refractivity contribution in [1.82, 2.24) is 19.0 Å². The topological polar surface area (TPSA) is 69.4 Å². The zero-order chi connectivity index (χ0) is 24.5. The van der Waals surface area contributed by atoms with Crippen LogP contribution in [0.15, 0.2) is 78.4 Å². The molecule has 0 bridgehead atoms. The Hall–Kier alpha value is -3.91. The number of benzene rings is 2. The number of nitrogens with zero attached hydrogens (tertiary/aromatic N) is 4. The minimum Gasteiger partial charge on any atom is -0.487 e. The molecule has 1 amide bonds. The number of aromatic nitrogens is 3. The summed E-state index contributed by atoms with van der Waals surface area (Å²) in [5.74, 6) is -0.126. The van der Waals surface area contributed by atoms with Gasteiger partial charge in [-0.05, 0) is 42.8 Å². The number of pyridine rings is 1. The summed E-state index contributed by atoms with van der Waals surface area (Å²) in [6.07, 6.45) is 5.21. The van der Waals surface area contributed by atoms with E-state index in [0.29, 0.717) is 47.1 Å². The summed E-state index contributed by atoms with van der Waals surface area (Å²) in [7, 11) is 0. The van der Waals surface area contributed by atoms with Crippen molar-refractivity contribution in [1.29, 1.82) is 0 Å². The Kier molecular flexibility index (Phi) is 6.13. The molecule has 0 unspecified atom stereocenters. The van der Waals surface area contributed by atoms with E-state index >= 15 is 0 Å². The Balaban J connectivity index is 1.48. The summed E-state index contributed by atoms with van der Waals surface area (Å²) in [4.78, 5) is 31.6. The monoisotopic (exact) mass is 492 g/mol. The van der Waals surface area contributed by atoms with Crippen molar-refractivity contribution in [3.8, 4) is 11.4 Å². The highest BCUT2D eigenvalue weighted by molar-refractivity contribution is 6.32. The lowest BCUT2D eigenvalue weighted by molar-refractivity contribution is -0.125. The summed E-state index contributed by atoms with van der Waals surface area (Å²) in [6.45, 7) is 4.56. The van der Waals surface area contributed by atoms with Gasteiger partial charge in [0, 0.05) is 24.8 Å². The molecular weight excluding hydrogens is 471 g/mol. The van der Waals surface area contributed by atoms with Crippen LogP contribution in [0.4, 0.5) is 4.39 Å². The Labute approximate surface area is 205 Å². The molecule has 4 aromatic rings. The molecule has 35 heavy (non-hydrogen) atoms. The Morgan fingerprint density at radius 2 is 2.06 bits per heavy atom. The first-order chi connectivity index (χ1) is 17.0. The first-order valence-corrected chi connectivity index (χ1v) is 11.5. The van der Waals surface area contributed by atoms with E-state index in [-0.39, 0.29) is 30.1 Å². The Bertz CT molecular complexity index is 1500. The molecular formula is C26H22ClFN4O3. The van der Waals surface area contributed by atoms with Crippen molar-refractivity contribution in [3.63, 3.8) is 0 Å². The number of carbonyl (C=O) groups excluding carboxylic acids is 1. The van der Waals surface area contributed by atoms with E-state index in [1.54, 1.807) is 68.9 Å². The summed E-state index contributed by atoms with van der Waals surface area (Å²) < 4.78 is 22.9. The van der Waals surface area contributed by atoms with Crippen LogP contribution in [-0.2, 0) is 11.4 Å². The second kappa shape index (κ2) is 9.38. The van der Waals surface area contributed by atoms with Gasteiger partial charge in [-0.1, -0.05) is 36.4 Å². The number of amides is 1. The van der Waals surface area contributed by atoms with Gasteiger partial charge in [0.15, 0.2) is 0 Å². The largest absolute Gasteiger partial charge is 0.487 e. The second-order valence-corrected chi connectivity index (χ2v) is 8.69. The van der Waals surface area contributed by atoms with Crippen molar-refractivity contribution in [2.75, 3.05) is 13.1 Å². The van der Waals surface area contributed by atoms with Gasteiger partial charge in [-0.15, -0.1) is 0 Å². The third-order valence-electron chi connectivity index (χ3n) is 6.21. The van der Waals surface area contributed by atoms with Gasteiger partial charge in [0.25, 0.3) is 0 Å². The third-order valence-corrected chi connectivity index (χ3v) is 6.50. The summed E-state index contributed by atoms with van der Waals surface area (Å²) in [6, 6.07) is 13.0. The van der Waals surface area contributed by atoms with Gasteiger partial charge in [-0.2, -0.15) is 0 Å². The molecule has 0 N–H and O–H groups in total. The van der Waals surface area contributed by atoms with Crippen molar-refractivity contribution in [2.24, 2.45) is 0 Å². The van der Waals surface area contributed by atoms with Gasteiger partial charge in [-0.25, -0.2) is 9.18 Å². The fourth-order valence-corrected chi connectivity index (χ4v) is 4.70. The number of ether oxygens (including phenoxy) is 1. The SMILES string of the molecule is C=CC(=O)N1CC[C@H](n2c(=O)n(-c3ccc(OCc4ccccc4F)c(Cl)c3)c3cnccc32)C1. The van der Waals surface area contributed by atoms with Crippen LogP contribution in [-0.4, -0.2) is 38.0 Å². The highest BCUT2D eigenvalue weighted by atomic mass is 35.5. The standard InChI is InChI=1S/C26H22ClFN4O3/c1-2-25(33)30-12-10-19(15-30)32-22-9-11-29-14-23(22)31(26(32)34)18-7-8-24(20(27)13-18)35-16-17-5-3-4-6-21(17)28/h2-9,11,13-14,19H,1,10,12,15-16H2/t19-/m0/s1. The van der Waals surface area contributed by atoms with Gasteiger partial charge >= 0.3 is 5.69 Å². The molecule has 1 saturated heterocycles. The molecule has 0 aliphatic carbocycles. The number of likely N-dealkylation sites (tertiary alicyclic amines) is 1. The van der Waals surface area contributed by atoms with Crippen LogP contribution < -0.4 is 10.4 Å². The lowest BCUT2D eigenvalue weighted by atomic mass is 10.2. The average Bonchev–Trinajstić information content (AvgIpc) is 3.45. The van der Waals surface area contributed by atoms with Crippen molar-refractivity contribution >= 4 is 28.5 Å². The van der Waals surface area contributed by atoms with E-state index in [9.17, 15) is 14.0 Å². The lowest BCUT2D eigenvalue weighted by Crippen LogP contribution is -2.31. The van der Waals surface area contributed by atoms with Crippen LogP contribution in [0.2, 0.25) is 5.02 Å². The summed E-state index contributed by atoms with van der Waals surface area (Å²) >= 11 is 6.48. The van der Waals surface area contributed by atoms with Crippen LogP contribution >= 0.6 is 11.6 Å². The first-order valence-electron chi connectivity index (χ1n) is 11.1. The molecule has 0 spiro atoms. The van der Waals surface area contributed by atoms with E-state index in [1.165, 1.54) is 12.1 Å². The molecule has 3 heterocycles. The van der Waals surface area contributed by atoms with Crippen molar-refractivity contribution < 1.29 is 13.9 Å². The van der Waals surface area contributed by atoms with E-state index in [2.05, 4.69) is 11.6 Å². The maximum absolute atomic E-state index is 13.9. The number of hydrogen-bond acceptors (Lipinski definition) is 4. The van der Waals surface area contributed by atoms with Crippen molar-refractivity contribution in [3.05, 3.63) is 100 Å². The molecule has 0 radical (unpaired) electrons. The number of hydrogen-bond donors (Lipinski definition) is 0. The Morgan fingerprint density at radius 3 is 2.83 bits per heavy atom. The van der Waals surface area contributed by atoms with Crippen LogP contribution in [0.5, 0.6) is 5.75 Å². The second-order valence-electron chi connectivity index (χ2n) is 8.28. The first kappa shape index (κ1) is 22.9. The lowest BCUT2D eigenvalue weighted by Gasteiger charge is -2.15. The van der Waals surface area contributed by atoms with Gasteiger partial charge < -0.3 is 9.64 Å². The fraction of sp³-hybridized carbons (Fsp3) is 0.192. The minimum absolute atomic E-state index is 0.0243. The van der Waals surface area contributed by atoms with Crippen LogP contribution in [0, 0.1) is 5.82 Å². The molecule has 1 aliphatic rings.